The molecule has 0 unspecified atom stereocenters. The van der Waals surface area contributed by atoms with E-state index in [1.807, 2.05) is 13.0 Å². The molecule has 0 aliphatic heterocycles. The van der Waals surface area contributed by atoms with Crippen LogP contribution in [0.25, 0.3) is 0 Å². The van der Waals surface area contributed by atoms with Crippen LogP contribution in [0.5, 0.6) is 11.5 Å². The van der Waals surface area contributed by atoms with Gasteiger partial charge in [-0.25, -0.2) is 0 Å². The van der Waals surface area contributed by atoms with Crippen LogP contribution in [-0.4, -0.2) is 24.4 Å². The lowest BCUT2D eigenvalue weighted by Crippen LogP contribution is -2.21. The van der Waals surface area contributed by atoms with Crippen LogP contribution in [0.4, 0.5) is 11.4 Å². The monoisotopic (exact) mass is 500 g/mol. The van der Waals surface area contributed by atoms with Gasteiger partial charge >= 0.3 is 5.97 Å². The molecular formula is C25H22Cl2N2O5. The van der Waals surface area contributed by atoms with Crippen molar-refractivity contribution in [2.75, 3.05) is 17.2 Å². The van der Waals surface area contributed by atoms with E-state index in [0.29, 0.717) is 32.9 Å². The highest BCUT2D eigenvalue weighted by Crippen LogP contribution is 2.29. The fraction of sp³-hybridized carbons (Fsp3) is 0.160. The summed E-state index contributed by atoms with van der Waals surface area (Å²) >= 11 is 12.1. The Balaban J connectivity index is 1.37. The topological polar surface area (TPSA) is 93.7 Å². The van der Waals surface area contributed by atoms with Crippen molar-refractivity contribution >= 4 is 52.4 Å². The van der Waals surface area contributed by atoms with Crippen LogP contribution in [0.3, 0.4) is 0 Å². The molecule has 34 heavy (non-hydrogen) atoms. The van der Waals surface area contributed by atoms with Gasteiger partial charge in [-0.2, -0.15) is 0 Å². The largest absolute Gasteiger partial charge is 0.456 e. The lowest BCUT2D eigenvalue weighted by atomic mass is 10.2. The third-order valence-corrected chi connectivity index (χ3v) is 5.30. The Morgan fingerprint density at radius 2 is 1.47 bits per heavy atom. The van der Waals surface area contributed by atoms with Crippen LogP contribution in [0.15, 0.2) is 66.7 Å². The molecule has 7 nitrogen and oxygen atoms in total. The lowest BCUT2D eigenvalue weighted by Gasteiger charge is -2.09. The molecule has 2 N–H and O–H groups in total. The van der Waals surface area contributed by atoms with Crippen LogP contribution >= 0.6 is 23.2 Å². The van der Waals surface area contributed by atoms with Gasteiger partial charge in [0.25, 0.3) is 5.91 Å². The summed E-state index contributed by atoms with van der Waals surface area (Å²) in [6.45, 7) is 1.39. The number of amides is 2. The summed E-state index contributed by atoms with van der Waals surface area (Å²) in [5.41, 5.74) is 1.92. The first-order chi connectivity index (χ1) is 16.3. The predicted octanol–water partition coefficient (Wildman–Crippen LogP) is 5.99. The van der Waals surface area contributed by atoms with E-state index in [-0.39, 0.29) is 18.7 Å². The fourth-order valence-electron chi connectivity index (χ4n) is 2.79. The summed E-state index contributed by atoms with van der Waals surface area (Å²) in [5, 5.41) is 6.28. The van der Waals surface area contributed by atoms with Gasteiger partial charge in [0.2, 0.25) is 5.91 Å². The van der Waals surface area contributed by atoms with Crippen LogP contribution in [0.2, 0.25) is 10.0 Å². The number of benzene rings is 3. The Bertz CT molecular complexity index is 1180. The minimum Gasteiger partial charge on any atom is -0.456 e. The quantitative estimate of drug-likeness (QED) is 0.351. The summed E-state index contributed by atoms with van der Waals surface area (Å²) in [7, 11) is 0. The Morgan fingerprint density at radius 1 is 0.794 bits per heavy atom. The molecule has 0 aliphatic rings. The molecule has 0 spiro atoms. The number of para-hydroxylation sites is 1. The predicted molar refractivity (Wildman–Crippen MR) is 132 cm³/mol. The maximum atomic E-state index is 12.1. The van der Waals surface area contributed by atoms with E-state index in [9.17, 15) is 14.4 Å². The molecule has 3 aromatic rings. The van der Waals surface area contributed by atoms with Gasteiger partial charge in [0, 0.05) is 22.8 Å². The van der Waals surface area contributed by atoms with Gasteiger partial charge in [-0.3, -0.25) is 14.4 Å². The van der Waals surface area contributed by atoms with Gasteiger partial charge in [0.05, 0.1) is 11.4 Å². The maximum absolute atomic E-state index is 12.1. The number of anilines is 2. The molecule has 2 amide bonds. The second-order valence-corrected chi connectivity index (χ2v) is 8.09. The van der Waals surface area contributed by atoms with Crippen LogP contribution < -0.4 is 15.4 Å². The van der Waals surface area contributed by atoms with Crippen LogP contribution in [0, 0.1) is 6.92 Å². The molecule has 176 valence electrons. The first-order valence-corrected chi connectivity index (χ1v) is 11.1. The lowest BCUT2D eigenvalue weighted by molar-refractivity contribution is -0.147. The van der Waals surface area contributed by atoms with Crippen LogP contribution in [-0.2, 0) is 19.1 Å². The SMILES string of the molecule is Cc1ccc(NC(=O)COC(=O)CCC(=O)Nc2ccc(Oc3ccccc3Cl)cc2)cc1Cl. The standard InChI is InChI=1S/C25H22Cl2N2O5/c1-16-6-7-18(14-21(16)27)29-24(31)15-33-25(32)13-12-23(30)28-17-8-10-19(11-9-17)34-22-5-3-2-4-20(22)26/h2-11,14H,12-13,15H2,1H3,(H,28,30)(H,29,31). The average Bonchev–Trinajstić information content (AvgIpc) is 2.81. The highest BCUT2D eigenvalue weighted by molar-refractivity contribution is 6.32. The second-order valence-electron chi connectivity index (χ2n) is 7.28. The smallest absolute Gasteiger partial charge is 0.306 e. The number of carbonyl (C=O) groups is 3. The Kier molecular flexibility index (Phi) is 8.90. The molecular weight excluding hydrogens is 479 g/mol. The van der Waals surface area contributed by atoms with Crippen molar-refractivity contribution in [1.82, 2.24) is 0 Å². The molecule has 9 heteroatoms. The molecule has 0 radical (unpaired) electrons. The maximum Gasteiger partial charge on any atom is 0.306 e. The average molecular weight is 501 g/mol. The number of aryl methyl sites for hydroxylation is 1. The van der Waals surface area contributed by atoms with Crippen LogP contribution in [0.1, 0.15) is 18.4 Å². The Labute approximate surface area is 207 Å². The third kappa shape index (κ3) is 7.79. The van der Waals surface area contributed by atoms with E-state index in [1.54, 1.807) is 60.7 Å². The summed E-state index contributed by atoms with van der Waals surface area (Å²) in [6.07, 6.45) is -0.255. The van der Waals surface area contributed by atoms with Crippen molar-refractivity contribution in [3.63, 3.8) is 0 Å². The van der Waals surface area contributed by atoms with E-state index in [1.165, 1.54) is 0 Å². The van der Waals surface area contributed by atoms with Crippen molar-refractivity contribution < 1.29 is 23.9 Å². The molecule has 0 aromatic heterocycles. The Morgan fingerprint density at radius 3 is 2.18 bits per heavy atom. The number of nitrogens with one attached hydrogen (secondary N) is 2. The summed E-state index contributed by atoms with van der Waals surface area (Å²) in [6, 6.07) is 18.9. The van der Waals surface area contributed by atoms with Gasteiger partial charge in [-0.15, -0.1) is 0 Å². The van der Waals surface area contributed by atoms with Gasteiger partial charge < -0.3 is 20.1 Å². The zero-order chi connectivity index (χ0) is 24.5. The first kappa shape index (κ1) is 25.1. The minimum absolute atomic E-state index is 0.0914. The van der Waals surface area contributed by atoms with E-state index >= 15 is 0 Å². The zero-order valence-corrected chi connectivity index (χ0v) is 19.8. The van der Waals surface area contributed by atoms with E-state index in [4.69, 9.17) is 32.7 Å². The zero-order valence-electron chi connectivity index (χ0n) is 18.3. The summed E-state index contributed by atoms with van der Waals surface area (Å²) < 4.78 is 10.6. The summed E-state index contributed by atoms with van der Waals surface area (Å²) in [4.78, 5) is 35.9. The number of esters is 1. The minimum atomic E-state index is -0.657. The molecule has 3 rings (SSSR count). The van der Waals surface area contributed by atoms with Crippen molar-refractivity contribution in [3.8, 4) is 11.5 Å². The number of carbonyl (C=O) groups excluding carboxylic acids is 3. The fourth-order valence-corrected chi connectivity index (χ4v) is 3.14. The molecule has 0 heterocycles. The number of ether oxygens (including phenoxy) is 2. The van der Waals surface area contributed by atoms with Crippen molar-refractivity contribution in [3.05, 3.63) is 82.3 Å². The van der Waals surface area contributed by atoms with E-state index < -0.39 is 18.5 Å². The molecule has 0 fully saturated rings. The Hall–Kier alpha value is -3.55. The van der Waals surface area contributed by atoms with Gasteiger partial charge in [-0.05, 0) is 61.0 Å². The van der Waals surface area contributed by atoms with Crippen molar-refractivity contribution in [2.45, 2.75) is 19.8 Å². The molecule has 0 atom stereocenters. The van der Waals surface area contributed by atoms with Gasteiger partial charge in [-0.1, -0.05) is 41.4 Å². The highest BCUT2D eigenvalue weighted by Gasteiger charge is 2.12. The molecule has 0 aliphatic carbocycles. The number of halogens is 2. The number of hydrogen-bond donors (Lipinski definition) is 2. The second kappa shape index (κ2) is 12.1. The number of rotatable bonds is 9. The first-order valence-electron chi connectivity index (χ1n) is 10.3. The van der Waals surface area contributed by atoms with Gasteiger partial charge in [0.15, 0.2) is 6.61 Å². The van der Waals surface area contributed by atoms with E-state index in [0.717, 1.165) is 5.56 Å². The number of hydrogen-bond acceptors (Lipinski definition) is 5. The molecule has 0 saturated heterocycles. The molecule has 3 aromatic carbocycles. The normalized spacial score (nSPS) is 10.3. The van der Waals surface area contributed by atoms with Crippen molar-refractivity contribution in [2.24, 2.45) is 0 Å². The molecule has 0 bridgehead atoms. The highest BCUT2D eigenvalue weighted by atomic mass is 35.5. The molecule has 0 saturated carbocycles. The summed E-state index contributed by atoms with van der Waals surface area (Å²) in [5.74, 6) is -0.445. The van der Waals surface area contributed by atoms with E-state index in [2.05, 4.69) is 10.6 Å². The van der Waals surface area contributed by atoms with Crippen molar-refractivity contribution in [1.29, 1.82) is 0 Å². The van der Waals surface area contributed by atoms with Gasteiger partial charge in [0.1, 0.15) is 11.5 Å². The third-order valence-electron chi connectivity index (χ3n) is 4.58.